The molecule has 4 aromatic rings. The fraction of sp³-hybridized carbons (Fsp3) is 0.0526. The minimum Gasteiger partial charge on any atom is -0.495 e. The Bertz CT molecular complexity index is 1450. The Morgan fingerprint density at radius 1 is 0.806 bits per heavy atom. The van der Waals surface area contributed by atoms with E-state index in [0.717, 1.165) is 0 Å². The van der Waals surface area contributed by atoms with E-state index < -0.39 is 20.0 Å². The van der Waals surface area contributed by atoms with Crippen LogP contribution >= 0.6 is 0 Å². The van der Waals surface area contributed by atoms with E-state index in [1.807, 2.05) is 0 Å². The Morgan fingerprint density at radius 2 is 1.55 bits per heavy atom. The van der Waals surface area contributed by atoms with Crippen LogP contribution < -0.4 is 14.2 Å². The van der Waals surface area contributed by atoms with Gasteiger partial charge in [0.25, 0.3) is 20.0 Å². The van der Waals surface area contributed by atoms with E-state index in [4.69, 9.17) is 4.74 Å². The van der Waals surface area contributed by atoms with Gasteiger partial charge in [0.15, 0.2) is 5.52 Å². The van der Waals surface area contributed by atoms with Gasteiger partial charge < -0.3 is 4.74 Å². The minimum atomic E-state index is -4.01. The van der Waals surface area contributed by atoms with Crippen LogP contribution in [0.15, 0.2) is 81.2 Å². The number of methoxy groups -OCH3 is 1. The van der Waals surface area contributed by atoms with Crippen molar-refractivity contribution in [1.29, 1.82) is 0 Å². The zero-order valence-electron chi connectivity index (χ0n) is 16.0. The van der Waals surface area contributed by atoms with E-state index >= 15 is 0 Å². The Hall–Kier alpha value is -3.64. The molecule has 3 aromatic carbocycles. The van der Waals surface area contributed by atoms with Gasteiger partial charge in [-0.15, -0.1) is 0 Å². The van der Waals surface area contributed by atoms with Crippen LogP contribution in [0.4, 0.5) is 11.4 Å². The van der Waals surface area contributed by atoms with Gasteiger partial charge >= 0.3 is 0 Å². The van der Waals surface area contributed by atoms with E-state index in [1.54, 1.807) is 30.3 Å². The maximum atomic E-state index is 12.7. The Kier molecular flexibility index (Phi) is 5.25. The number of hydrogen-bond donors (Lipinski definition) is 2. The van der Waals surface area contributed by atoms with Gasteiger partial charge in [0, 0.05) is 5.69 Å². The van der Waals surface area contributed by atoms with Crippen molar-refractivity contribution >= 4 is 42.5 Å². The highest BCUT2D eigenvalue weighted by Crippen LogP contribution is 2.27. The standard InChI is InChI=1S/C19H16N4O6S2/c1-28-17-7-3-2-5-15(17)23-30(24,25)14-11-9-13(10-12-14)22-31(26,27)18-8-4-6-16-19(18)21-29-20-16/h2-12,22-23H,1H3. The summed E-state index contributed by atoms with van der Waals surface area (Å²) < 4.78 is 65.4. The number of fused-ring (bicyclic) bond motifs is 1. The number of hydrogen-bond acceptors (Lipinski definition) is 8. The second kappa shape index (κ2) is 7.89. The smallest absolute Gasteiger partial charge is 0.264 e. The van der Waals surface area contributed by atoms with E-state index in [9.17, 15) is 16.8 Å². The molecule has 1 heterocycles. The van der Waals surface area contributed by atoms with Gasteiger partial charge in [-0.25, -0.2) is 21.5 Å². The molecule has 12 heteroatoms. The van der Waals surface area contributed by atoms with Crippen LogP contribution in [-0.2, 0) is 20.0 Å². The molecule has 0 atom stereocenters. The Labute approximate surface area is 177 Å². The third-order valence-corrected chi connectivity index (χ3v) is 7.10. The van der Waals surface area contributed by atoms with Crippen LogP contribution in [0, 0.1) is 0 Å². The van der Waals surface area contributed by atoms with Crippen LogP contribution in [0.3, 0.4) is 0 Å². The van der Waals surface area contributed by atoms with Crippen LogP contribution in [0.1, 0.15) is 0 Å². The lowest BCUT2D eigenvalue weighted by Crippen LogP contribution is -2.15. The predicted molar refractivity (Wildman–Crippen MR) is 113 cm³/mol. The largest absolute Gasteiger partial charge is 0.495 e. The maximum Gasteiger partial charge on any atom is 0.264 e. The van der Waals surface area contributed by atoms with Crippen molar-refractivity contribution in [1.82, 2.24) is 10.3 Å². The molecular weight excluding hydrogens is 444 g/mol. The zero-order valence-corrected chi connectivity index (χ0v) is 17.6. The summed E-state index contributed by atoms with van der Waals surface area (Å²) in [4.78, 5) is -0.162. The molecule has 10 nitrogen and oxygen atoms in total. The highest BCUT2D eigenvalue weighted by Gasteiger charge is 2.21. The van der Waals surface area contributed by atoms with Crippen LogP contribution in [0.2, 0.25) is 0 Å². The Balaban J connectivity index is 1.57. The van der Waals surface area contributed by atoms with Crippen molar-refractivity contribution in [3.8, 4) is 5.75 Å². The molecule has 31 heavy (non-hydrogen) atoms. The normalized spacial score (nSPS) is 11.9. The van der Waals surface area contributed by atoms with E-state index in [0.29, 0.717) is 11.3 Å². The molecule has 0 saturated carbocycles. The van der Waals surface area contributed by atoms with Crippen LogP contribution in [-0.4, -0.2) is 34.3 Å². The van der Waals surface area contributed by atoms with Crippen molar-refractivity contribution in [3.63, 3.8) is 0 Å². The summed E-state index contributed by atoms with van der Waals surface area (Å²) >= 11 is 0. The molecular formula is C19H16N4O6S2. The predicted octanol–water partition coefficient (Wildman–Crippen LogP) is 2.83. The summed E-state index contributed by atoms with van der Waals surface area (Å²) in [6.07, 6.45) is 0. The molecule has 160 valence electrons. The zero-order chi connectivity index (χ0) is 22.1. The van der Waals surface area contributed by atoms with Crippen LogP contribution in [0.5, 0.6) is 5.75 Å². The molecule has 4 rings (SSSR count). The molecule has 0 fully saturated rings. The van der Waals surface area contributed by atoms with Gasteiger partial charge in [-0.2, -0.15) is 0 Å². The number of sulfonamides is 2. The third kappa shape index (κ3) is 4.15. The number of anilines is 2. The highest BCUT2D eigenvalue weighted by atomic mass is 32.2. The number of aromatic nitrogens is 2. The van der Waals surface area contributed by atoms with Crippen LogP contribution in [0.25, 0.3) is 11.0 Å². The van der Waals surface area contributed by atoms with Crippen molar-refractivity contribution in [2.75, 3.05) is 16.6 Å². The molecule has 0 unspecified atom stereocenters. The first-order valence-electron chi connectivity index (χ1n) is 8.80. The van der Waals surface area contributed by atoms with Gasteiger partial charge in [-0.3, -0.25) is 9.44 Å². The lowest BCUT2D eigenvalue weighted by Gasteiger charge is -2.12. The second-order valence-electron chi connectivity index (χ2n) is 6.32. The summed E-state index contributed by atoms with van der Waals surface area (Å²) in [5.41, 5.74) is 0.843. The first-order chi connectivity index (χ1) is 14.8. The number of nitrogens with one attached hydrogen (secondary N) is 2. The highest BCUT2D eigenvalue weighted by molar-refractivity contribution is 7.93. The number of para-hydroxylation sites is 2. The third-order valence-electron chi connectivity index (χ3n) is 4.31. The monoisotopic (exact) mass is 460 g/mol. The summed E-state index contributed by atoms with van der Waals surface area (Å²) in [6.45, 7) is 0. The quantitative estimate of drug-likeness (QED) is 0.429. The fourth-order valence-electron chi connectivity index (χ4n) is 2.84. The molecule has 0 spiro atoms. The summed E-state index contributed by atoms with van der Waals surface area (Å²) in [7, 11) is -6.49. The minimum absolute atomic E-state index is 0.0517. The van der Waals surface area contributed by atoms with E-state index in [-0.39, 0.29) is 26.7 Å². The maximum absolute atomic E-state index is 12.7. The molecule has 0 aliphatic carbocycles. The molecule has 0 aliphatic rings. The van der Waals surface area contributed by atoms with Gasteiger partial charge in [0.2, 0.25) is 0 Å². The summed E-state index contributed by atoms with van der Waals surface area (Å²) in [5, 5.41) is 7.25. The van der Waals surface area contributed by atoms with Crippen molar-refractivity contribution in [3.05, 3.63) is 66.7 Å². The average molecular weight is 460 g/mol. The molecule has 0 saturated heterocycles. The molecule has 0 amide bonds. The van der Waals surface area contributed by atoms with Gasteiger partial charge in [-0.05, 0) is 58.8 Å². The Morgan fingerprint density at radius 3 is 2.29 bits per heavy atom. The number of benzene rings is 3. The van der Waals surface area contributed by atoms with Crippen molar-refractivity contribution < 1.29 is 26.2 Å². The topological polar surface area (TPSA) is 140 Å². The number of rotatable bonds is 7. The van der Waals surface area contributed by atoms with Crippen molar-refractivity contribution in [2.45, 2.75) is 9.79 Å². The van der Waals surface area contributed by atoms with Gasteiger partial charge in [-0.1, -0.05) is 18.2 Å². The van der Waals surface area contributed by atoms with E-state index in [1.165, 1.54) is 43.5 Å². The summed E-state index contributed by atoms with van der Waals surface area (Å²) in [6, 6.07) is 16.3. The SMILES string of the molecule is COc1ccccc1NS(=O)(=O)c1ccc(NS(=O)(=O)c2cccc3nonc23)cc1. The van der Waals surface area contributed by atoms with Gasteiger partial charge in [0.1, 0.15) is 16.2 Å². The number of nitrogens with zero attached hydrogens (tertiary/aromatic N) is 2. The van der Waals surface area contributed by atoms with E-state index in [2.05, 4.69) is 24.4 Å². The lowest BCUT2D eigenvalue weighted by atomic mass is 10.3. The van der Waals surface area contributed by atoms with Gasteiger partial charge in [0.05, 0.1) is 17.7 Å². The average Bonchev–Trinajstić information content (AvgIpc) is 3.23. The summed E-state index contributed by atoms with van der Waals surface area (Å²) in [5.74, 6) is 0.368. The molecule has 2 N–H and O–H groups in total. The first-order valence-corrected chi connectivity index (χ1v) is 11.8. The molecule has 1 aromatic heterocycles. The fourth-order valence-corrected chi connectivity index (χ4v) is 5.12. The first kappa shape index (κ1) is 20.6. The molecule has 0 radical (unpaired) electrons. The molecule has 0 bridgehead atoms. The lowest BCUT2D eigenvalue weighted by molar-refractivity contribution is 0.315. The number of ether oxygens (including phenoxy) is 1. The van der Waals surface area contributed by atoms with Crippen molar-refractivity contribution in [2.24, 2.45) is 0 Å². The second-order valence-corrected chi connectivity index (χ2v) is 9.66. The molecule has 0 aliphatic heterocycles.